The molecule has 1 rings (SSSR count). The summed E-state index contributed by atoms with van der Waals surface area (Å²) in [6.07, 6.45) is 0.570. The van der Waals surface area contributed by atoms with Gasteiger partial charge in [0.25, 0.3) is 0 Å². The summed E-state index contributed by atoms with van der Waals surface area (Å²) in [6.45, 7) is 5.81. The van der Waals surface area contributed by atoms with Crippen LogP contribution < -0.4 is 5.32 Å². The molecule has 0 bridgehead atoms. The zero-order valence-electron chi connectivity index (χ0n) is 9.69. The van der Waals surface area contributed by atoms with E-state index in [1.54, 1.807) is 0 Å². The minimum atomic E-state index is -0.813. The maximum atomic E-state index is 10.8. The number of hydrogen-bond acceptors (Lipinski definition) is 5. The lowest BCUT2D eigenvalue weighted by atomic mass is 10.1. The SMILES string of the molecule is CCC(CNc1nnc(C)c(C)n1)C(=O)O. The number of aliphatic carboxylic acids is 1. The van der Waals surface area contributed by atoms with Gasteiger partial charge in [-0.2, -0.15) is 5.10 Å². The van der Waals surface area contributed by atoms with E-state index in [-0.39, 0.29) is 0 Å². The van der Waals surface area contributed by atoms with E-state index in [4.69, 9.17) is 5.11 Å². The molecule has 16 heavy (non-hydrogen) atoms. The molecule has 0 saturated heterocycles. The first kappa shape index (κ1) is 12.4. The largest absolute Gasteiger partial charge is 0.481 e. The van der Waals surface area contributed by atoms with Crippen molar-refractivity contribution in [3.05, 3.63) is 11.4 Å². The van der Waals surface area contributed by atoms with Crippen molar-refractivity contribution in [2.45, 2.75) is 27.2 Å². The second-order valence-corrected chi connectivity index (χ2v) is 3.63. The molecule has 1 unspecified atom stereocenters. The molecule has 0 aromatic carbocycles. The number of nitrogens with one attached hydrogen (secondary N) is 1. The summed E-state index contributed by atoms with van der Waals surface area (Å²) in [5.41, 5.74) is 1.57. The summed E-state index contributed by atoms with van der Waals surface area (Å²) in [6, 6.07) is 0. The lowest BCUT2D eigenvalue weighted by Crippen LogP contribution is -2.23. The Morgan fingerprint density at radius 1 is 1.38 bits per heavy atom. The number of carbonyl (C=O) groups is 1. The predicted molar refractivity (Wildman–Crippen MR) is 59.2 cm³/mol. The molecule has 88 valence electrons. The van der Waals surface area contributed by atoms with Gasteiger partial charge in [-0.25, -0.2) is 4.98 Å². The highest BCUT2D eigenvalue weighted by Gasteiger charge is 2.15. The molecular weight excluding hydrogens is 208 g/mol. The fraction of sp³-hybridized carbons (Fsp3) is 0.600. The van der Waals surface area contributed by atoms with E-state index in [0.29, 0.717) is 18.9 Å². The van der Waals surface area contributed by atoms with E-state index >= 15 is 0 Å². The smallest absolute Gasteiger partial charge is 0.308 e. The molecule has 1 aromatic rings. The Hall–Kier alpha value is -1.72. The van der Waals surface area contributed by atoms with Gasteiger partial charge in [0.15, 0.2) is 0 Å². The van der Waals surface area contributed by atoms with Crippen LogP contribution in [-0.4, -0.2) is 32.8 Å². The Kier molecular flexibility index (Phi) is 4.16. The Labute approximate surface area is 94.1 Å². The summed E-state index contributed by atoms with van der Waals surface area (Å²) in [5, 5.41) is 19.5. The lowest BCUT2D eigenvalue weighted by molar-refractivity contribution is -0.141. The van der Waals surface area contributed by atoms with Gasteiger partial charge in [0.1, 0.15) is 0 Å². The van der Waals surface area contributed by atoms with Crippen LogP contribution in [0.3, 0.4) is 0 Å². The standard InChI is InChI=1S/C10H16N4O2/c1-4-8(9(15)16)5-11-10-12-6(2)7(3)13-14-10/h8H,4-5H2,1-3H3,(H,15,16)(H,11,12,14). The van der Waals surface area contributed by atoms with Crippen molar-refractivity contribution in [2.24, 2.45) is 5.92 Å². The van der Waals surface area contributed by atoms with Gasteiger partial charge in [0.2, 0.25) is 5.95 Å². The number of aryl methyl sites for hydroxylation is 2. The van der Waals surface area contributed by atoms with E-state index in [1.807, 2.05) is 20.8 Å². The zero-order valence-corrected chi connectivity index (χ0v) is 9.69. The van der Waals surface area contributed by atoms with Crippen molar-refractivity contribution in [3.8, 4) is 0 Å². The summed E-state index contributed by atoms with van der Waals surface area (Å²) < 4.78 is 0. The molecule has 0 saturated carbocycles. The second kappa shape index (κ2) is 5.39. The second-order valence-electron chi connectivity index (χ2n) is 3.63. The van der Waals surface area contributed by atoms with Gasteiger partial charge in [-0.15, -0.1) is 5.10 Å². The van der Waals surface area contributed by atoms with Crippen LogP contribution in [0.1, 0.15) is 24.7 Å². The van der Waals surface area contributed by atoms with Crippen molar-refractivity contribution >= 4 is 11.9 Å². The van der Waals surface area contributed by atoms with E-state index in [1.165, 1.54) is 0 Å². The van der Waals surface area contributed by atoms with Gasteiger partial charge < -0.3 is 10.4 Å². The zero-order chi connectivity index (χ0) is 12.1. The summed E-state index contributed by atoms with van der Waals surface area (Å²) in [5.74, 6) is -0.861. The minimum Gasteiger partial charge on any atom is -0.481 e. The summed E-state index contributed by atoms with van der Waals surface area (Å²) in [7, 11) is 0. The van der Waals surface area contributed by atoms with Gasteiger partial charge >= 0.3 is 5.97 Å². The Morgan fingerprint density at radius 3 is 2.56 bits per heavy atom. The first-order valence-corrected chi connectivity index (χ1v) is 5.19. The maximum Gasteiger partial charge on any atom is 0.308 e. The average molecular weight is 224 g/mol. The molecule has 0 fully saturated rings. The normalized spacial score (nSPS) is 12.2. The van der Waals surface area contributed by atoms with Crippen LogP contribution in [0.25, 0.3) is 0 Å². The highest BCUT2D eigenvalue weighted by Crippen LogP contribution is 2.06. The number of rotatable bonds is 5. The Morgan fingerprint density at radius 2 is 2.06 bits per heavy atom. The lowest BCUT2D eigenvalue weighted by Gasteiger charge is -2.10. The molecule has 0 spiro atoms. The summed E-state index contributed by atoms with van der Waals surface area (Å²) in [4.78, 5) is 14.9. The quantitative estimate of drug-likeness (QED) is 0.776. The van der Waals surface area contributed by atoms with Gasteiger partial charge in [-0.1, -0.05) is 6.92 Å². The number of nitrogens with zero attached hydrogens (tertiary/aromatic N) is 3. The molecule has 6 nitrogen and oxygen atoms in total. The third-order valence-electron chi connectivity index (χ3n) is 2.44. The topological polar surface area (TPSA) is 88.0 Å². The molecule has 0 amide bonds. The molecular formula is C10H16N4O2. The molecule has 0 aliphatic carbocycles. The average Bonchev–Trinajstić information content (AvgIpc) is 2.23. The van der Waals surface area contributed by atoms with Crippen LogP contribution in [0.15, 0.2) is 0 Å². The Balaban J connectivity index is 2.60. The van der Waals surface area contributed by atoms with Crippen LogP contribution >= 0.6 is 0 Å². The molecule has 0 aliphatic rings. The van der Waals surface area contributed by atoms with Gasteiger partial charge in [-0.3, -0.25) is 4.79 Å². The highest BCUT2D eigenvalue weighted by molar-refractivity contribution is 5.70. The fourth-order valence-electron chi connectivity index (χ4n) is 1.15. The molecule has 6 heteroatoms. The number of aromatic nitrogens is 3. The highest BCUT2D eigenvalue weighted by atomic mass is 16.4. The molecule has 0 aliphatic heterocycles. The number of anilines is 1. The number of carboxylic acid groups (broad SMARTS) is 1. The third-order valence-corrected chi connectivity index (χ3v) is 2.44. The van der Waals surface area contributed by atoms with E-state index in [0.717, 1.165) is 11.4 Å². The summed E-state index contributed by atoms with van der Waals surface area (Å²) >= 11 is 0. The van der Waals surface area contributed by atoms with Crippen LogP contribution in [0.2, 0.25) is 0 Å². The number of carboxylic acids is 1. The van der Waals surface area contributed by atoms with Crippen molar-refractivity contribution in [1.29, 1.82) is 0 Å². The monoisotopic (exact) mass is 224 g/mol. The molecule has 0 radical (unpaired) electrons. The third kappa shape index (κ3) is 3.15. The van der Waals surface area contributed by atoms with Crippen molar-refractivity contribution in [1.82, 2.24) is 15.2 Å². The van der Waals surface area contributed by atoms with Crippen molar-refractivity contribution in [3.63, 3.8) is 0 Å². The molecule has 1 heterocycles. The van der Waals surface area contributed by atoms with Crippen LogP contribution in [0.5, 0.6) is 0 Å². The van der Waals surface area contributed by atoms with E-state index < -0.39 is 11.9 Å². The molecule has 1 atom stereocenters. The Bertz CT molecular complexity index is 381. The van der Waals surface area contributed by atoms with Crippen LogP contribution in [-0.2, 0) is 4.79 Å². The van der Waals surface area contributed by atoms with Gasteiger partial charge in [-0.05, 0) is 20.3 Å². The minimum absolute atomic E-state index is 0.315. The maximum absolute atomic E-state index is 10.8. The van der Waals surface area contributed by atoms with Gasteiger partial charge in [0, 0.05) is 6.54 Å². The first-order valence-electron chi connectivity index (χ1n) is 5.19. The predicted octanol–water partition coefficient (Wildman–Crippen LogP) is 1.01. The molecule has 1 aromatic heterocycles. The van der Waals surface area contributed by atoms with E-state index in [9.17, 15) is 4.79 Å². The van der Waals surface area contributed by atoms with Crippen LogP contribution in [0.4, 0.5) is 5.95 Å². The van der Waals surface area contributed by atoms with Gasteiger partial charge in [0.05, 0.1) is 17.3 Å². The fourth-order valence-corrected chi connectivity index (χ4v) is 1.15. The van der Waals surface area contributed by atoms with E-state index in [2.05, 4.69) is 20.5 Å². The number of hydrogen-bond donors (Lipinski definition) is 2. The van der Waals surface area contributed by atoms with Crippen molar-refractivity contribution in [2.75, 3.05) is 11.9 Å². The van der Waals surface area contributed by atoms with Crippen molar-refractivity contribution < 1.29 is 9.90 Å². The molecule has 2 N–H and O–H groups in total. The van der Waals surface area contributed by atoms with Crippen LogP contribution in [0, 0.1) is 19.8 Å². The first-order chi connectivity index (χ1) is 7.54.